The molecule has 1 N–H and O–H groups in total. The van der Waals surface area contributed by atoms with E-state index < -0.39 is 15.6 Å². The molecule has 2 atom stereocenters. The van der Waals surface area contributed by atoms with Crippen LogP contribution in [-0.2, 0) is 10.0 Å². The van der Waals surface area contributed by atoms with E-state index in [1.807, 2.05) is 0 Å². The van der Waals surface area contributed by atoms with Crippen LogP contribution in [0.5, 0.6) is 5.88 Å². The van der Waals surface area contributed by atoms with Crippen molar-refractivity contribution in [3.8, 4) is 5.88 Å². The Morgan fingerprint density at radius 2 is 2.08 bits per heavy atom. The summed E-state index contributed by atoms with van der Waals surface area (Å²) >= 11 is 0. The normalized spacial score (nSPS) is 27.6. The maximum absolute atomic E-state index is 12.8. The number of sulfonamides is 1. The summed E-state index contributed by atoms with van der Waals surface area (Å²) in [6, 6.07) is 3.20. The number of hydrogen-bond acceptors (Lipinski definition) is 6. The number of nitrogens with zero attached hydrogens (tertiary/aromatic N) is 3. The SMILES string of the molecule is COc1cc(C(=O)N2CC[C@@]3(O)CCN(S(C)(=O)=O)C[C@H]3C2)ccn1. The lowest BCUT2D eigenvalue weighted by Crippen LogP contribution is -2.61. The Labute approximate surface area is 147 Å². The van der Waals surface area contributed by atoms with Gasteiger partial charge in [0.15, 0.2) is 0 Å². The average molecular weight is 369 g/mol. The van der Waals surface area contributed by atoms with Crippen LogP contribution in [0.15, 0.2) is 18.3 Å². The largest absolute Gasteiger partial charge is 0.481 e. The van der Waals surface area contributed by atoms with Crippen LogP contribution in [0, 0.1) is 5.92 Å². The zero-order valence-electron chi connectivity index (χ0n) is 14.4. The molecule has 0 saturated carbocycles. The first-order valence-corrected chi connectivity index (χ1v) is 10.0. The zero-order valence-corrected chi connectivity index (χ0v) is 15.2. The number of ether oxygens (including phenoxy) is 1. The van der Waals surface area contributed by atoms with E-state index in [1.54, 1.807) is 17.0 Å². The van der Waals surface area contributed by atoms with Gasteiger partial charge in [0.05, 0.1) is 19.0 Å². The van der Waals surface area contributed by atoms with Crippen LogP contribution in [0.3, 0.4) is 0 Å². The molecule has 0 unspecified atom stereocenters. The quantitative estimate of drug-likeness (QED) is 0.802. The number of aromatic nitrogens is 1. The number of pyridine rings is 1. The van der Waals surface area contributed by atoms with Crippen LogP contribution in [0.25, 0.3) is 0 Å². The Hall–Kier alpha value is -1.71. The Morgan fingerprint density at radius 3 is 2.76 bits per heavy atom. The van der Waals surface area contributed by atoms with Crippen molar-refractivity contribution in [2.75, 3.05) is 39.5 Å². The molecule has 0 bridgehead atoms. The van der Waals surface area contributed by atoms with Crippen LogP contribution in [0.4, 0.5) is 0 Å². The van der Waals surface area contributed by atoms with Crippen molar-refractivity contribution in [3.63, 3.8) is 0 Å². The molecule has 1 aromatic heterocycles. The molecule has 2 fully saturated rings. The average Bonchev–Trinajstić information content (AvgIpc) is 2.59. The zero-order chi connectivity index (χ0) is 18.2. The lowest BCUT2D eigenvalue weighted by atomic mass is 9.76. The van der Waals surface area contributed by atoms with Gasteiger partial charge in [-0.15, -0.1) is 0 Å². The maximum atomic E-state index is 12.8. The topological polar surface area (TPSA) is 100 Å². The number of carbonyl (C=O) groups is 1. The molecule has 0 spiro atoms. The summed E-state index contributed by atoms with van der Waals surface area (Å²) in [5.41, 5.74) is -0.443. The molecule has 8 nitrogen and oxygen atoms in total. The van der Waals surface area contributed by atoms with E-state index in [-0.39, 0.29) is 18.4 Å². The van der Waals surface area contributed by atoms with Crippen LogP contribution < -0.4 is 4.74 Å². The first kappa shape index (κ1) is 18.1. The number of likely N-dealkylation sites (tertiary alicyclic amines) is 1. The van der Waals surface area contributed by atoms with Gasteiger partial charge in [0, 0.05) is 49.9 Å². The number of hydrogen-bond donors (Lipinski definition) is 1. The van der Waals surface area contributed by atoms with Gasteiger partial charge < -0.3 is 14.7 Å². The standard InChI is InChI=1S/C16H23N3O5S/c1-24-14-9-12(3-6-17-14)15(20)18-7-4-16(21)5-8-19(25(2,22)23)11-13(16)10-18/h3,6,9,13,21H,4-5,7-8,10-11H2,1-2H3/t13-,16-/m1/s1. The Bertz CT molecular complexity index is 769. The minimum atomic E-state index is -3.31. The van der Waals surface area contributed by atoms with Crippen molar-refractivity contribution in [1.29, 1.82) is 0 Å². The van der Waals surface area contributed by atoms with Gasteiger partial charge in [-0.05, 0) is 18.9 Å². The van der Waals surface area contributed by atoms with Gasteiger partial charge in [0.25, 0.3) is 5.91 Å². The van der Waals surface area contributed by atoms with Gasteiger partial charge in [-0.3, -0.25) is 4.79 Å². The first-order chi connectivity index (χ1) is 11.7. The smallest absolute Gasteiger partial charge is 0.254 e. The summed E-state index contributed by atoms with van der Waals surface area (Å²) in [6.07, 6.45) is 3.53. The molecule has 9 heteroatoms. The third-order valence-corrected chi connectivity index (χ3v) is 6.45. The number of aliphatic hydroxyl groups is 1. The lowest BCUT2D eigenvalue weighted by Gasteiger charge is -2.49. The van der Waals surface area contributed by atoms with E-state index in [1.165, 1.54) is 23.9 Å². The summed E-state index contributed by atoms with van der Waals surface area (Å²) in [6.45, 7) is 1.32. The molecule has 2 aliphatic heterocycles. The first-order valence-electron chi connectivity index (χ1n) is 8.20. The Kier molecular flexibility index (Phi) is 4.74. The van der Waals surface area contributed by atoms with Crippen molar-refractivity contribution < 1.29 is 23.1 Å². The number of amides is 1. The fourth-order valence-electron chi connectivity index (χ4n) is 3.59. The predicted octanol–water partition coefficient (Wildman–Crippen LogP) is -0.0513. The van der Waals surface area contributed by atoms with Gasteiger partial charge in [-0.25, -0.2) is 17.7 Å². The van der Waals surface area contributed by atoms with Crippen LogP contribution >= 0.6 is 0 Å². The number of methoxy groups -OCH3 is 1. The molecular formula is C16H23N3O5S. The second-order valence-electron chi connectivity index (χ2n) is 6.76. The predicted molar refractivity (Wildman–Crippen MR) is 90.8 cm³/mol. The third-order valence-electron chi connectivity index (χ3n) is 5.18. The highest BCUT2D eigenvalue weighted by Gasteiger charge is 2.47. The summed E-state index contributed by atoms with van der Waals surface area (Å²) < 4.78 is 30.1. The van der Waals surface area contributed by atoms with E-state index >= 15 is 0 Å². The highest BCUT2D eigenvalue weighted by Crippen LogP contribution is 2.36. The highest BCUT2D eigenvalue weighted by atomic mass is 32.2. The van der Waals surface area contributed by atoms with Gasteiger partial charge >= 0.3 is 0 Å². The summed E-state index contributed by atoms with van der Waals surface area (Å²) in [4.78, 5) is 18.4. The Morgan fingerprint density at radius 1 is 1.36 bits per heavy atom. The van der Waals surface area contributed by atoms with E-state index in [4.69, 9.17) is 4.74 Å². The number of carbonyl (C=O) groups excluding carboxylic acids is 1. The minimum Gasteiger partial charge on any atom is -0.481 e. The highest BCUT2D eigenvalue weighted by molar-refractivity contribution is 7.88. The van der Waals surface area contributed by atoms with E-state index in [9.17, 15) is 18.3 Å². The monoisotopic (exact) mass is 369 g/mol. The molecule has 2 saturated heterocycles. The maximum Gasteiger partial charge on any atom is 0.254 e. The van der Waals surface area contributed by atoms with Crippen LogP contribution in [0.1, 0.15) is 23.2 Å². The summed E-state index contributed by atoms with van der Waals surface area (Å²) in [7, 11) is -1.82. The molecule has 1 amide bonds. The van der Waals surface area contributed by atoms with Gasteiger partial charge in [-0.1, -0.05) is 0 Å². The summed E-state index contributed by atoms with van der Waals surface area (Å²) in [5.74, 6) is -0.100. The number of fused-ring (bicyclic) bond motifs is 1. The third kappa shape index (κ3) is 3.63. The lowest BCUT2D eigenvalue weighted by molar-refractivity contribution is -0.0946. The minimum absolute atomic E-state index is 0.167. The molecule has 2 aliphatic rings. The summed E-state index contributed by atoms with van der Waals surface area (Å²) in [5, 5.41) is 10.8. The fourth-order valence-corrected chi connectivity index (χ4v) is 4.47. The van der Waals surface area contributed by atoms with Crippen molar-refractivity contribution in [3.05, 3.63) is 23.9 Å². The second kappa shape index (κ2) is 6.54. The molecule has 0 aliphatic carbocycles. The van der Waals surface area contributed by atoms with Gasteiger partial charge in [-0.2, -0.15) is 0 Å². The number of piperidine rings is 2. The molecule has 3 rings (SSSR count). The molecule has 0 aromatic carbocycles. The van der Waals surface area contributed by atoms with E-state index in [2.05, 4.69) is 4.98 Å². The van der Waals surface area contributed by atoms with Gasteiger partial charge in [0.1, 0.15) is 0 Å². The molecular weight excluding hydrogens is 346 g/mol. The van der Waals surface area contributed by atoms with Crippen molar-refractivity contribution in [2.24, 2.45) is 5.92 Å². The van der Waals surface area contributed by atoms with Crippen LogP contribution in [-0.4, -0.2) is 78.8 Å². The fraction of sp³-hybridized carbons (Fsp3) is 0.625. The van der Waals surface area contributed by atoms with Crippen molar-refractivity contribution in [1.82, 2.24) is 14.2 Å². The van der Waals surface area contributed by atoms with Crippen molar-refractivity contribution >= 4 is 15.9 Å². The van der Waals surface area contributed by atoms with Crippen LogP contribution in [0.2, 0.25) is 0 Å². The van der Waals surface area contributed by atoms with E-state index in [0.717, 1.165) is 0 Å². The van der Waals surface area contributed by atoms with E-state index in [0.29, 0.717) is 43.9 Å². The van der Waals surface area contributed by atoms with Crippen molar-refractivity contribution in [2.45, 2.75) is 18.4 Å². The molecule has 138 valence electrons. The molecule has 0 radical (unpaired) electrons. The molecule has 25 heavy (non-hydrogen) atoms. The molecule has 1 aromatic rings. The molecule has 3 heterocycles. The Balaban J connectivity index is 1.76. The number of rotatable bonds is 3. The van der Waals surface area contributed by atoms with Gasteiger partial charge in [0.2, 0.25) is 15.9 Å². The second-order valence-corrected chi connectivity index (χ2v) is 8.74.